The second-order valence-electron chi connectivity index (χ2n) is 6.26. The quantitative estimate of drug-likeness (QED) is 0.711. The summed E-state index contributed by atoms with van der Waals surface area (Å²) in [5, 5.41) is 5.48. The summed E-state index contributed by atoms with van der Waals surface area (Å²) in [6, 6.07) is 11.9. The average molecular weight is 399 g/mol. The Bertz CT molecular complexity index is 875. The van der Waals surface area contributed by atoms with E-state index in [9.17, 15) is 14.4 Å². The lowest BCUT2D eigenvalue weighted by Gasteiger charge is -2.22. The Balaban J connectivity index is 2.06. The highest BCUT2D eigenvalue weighted by Gasteiger charge is 2.14. The molecule has 0 aliphatic carbocycles. The number of methoxy groups -OCH3 is 2. The number of hydrogen-bond donors (Lipinski definition) is 2. The first kappa shape index (κ1) is 21.7. The maximum atomic E-state index is 12.5. The number of benzene rings is 2. The minimum Gasteiger partial charge on any atom is -0.497 e. The fourth-order valence-corrected chi connectivity index (χ4v) is 2.75. The Labute approximate surface area is 169 Å². The largest absolute Gasteiger partial charge is 0.497 e. The summed E-state index contributed by atoms with van der Waals surface area (Å²) < 4.78 is 10.4. The topological polar surface area (TPSA) is 97.0 Å². The van der Waals surface area contributed by atoms with Crippen LogP contribution in [0.1, 0.15) is 24.2 Å². The molecule has 29 heavy (non-hydrogen) atoms. The van der Waals surface area contributed by atoms with E-state index in [0.29, 0.717) is 28.4 Å². The summed E-state index contributed by atoms with van der Waals surface area (Å²) in [4.78, 5) is 37.3. The van der Waals surface area contributed by atoms with Gasteiger partial charge in [0.15, 0.2) is 0 Å². The maximum Gasteiger partial charge on any atom is 0.251 e. The molecule has 0 fully saturated rings. The zero-order valence-corrected chi connectivity index (χ0v) is 16.9. The standard InChI is InChI=1S/C21H25N3O5/c1-14(25)23-17-6-5-7-18(12-17)24(15(2)26)9-8-22-21(27)16-10-19(28-3)13-20(11-16)29-4/h5-7,10-13H,8-9H2,1-4H3,(H,22,27)(H,23,25). The number of hydrogen-bond acceptors (Lipinski definition) is 5. The molecule has 0 aliphatic rings. The van der Waals surface area contributed by atoms with Crippen molar-refractivity contribution in [2.45, 2.75) is 13.8 Å². The third-order valence-electron chi connectivity index (χ3n) is 4.09. The minimum absolute atomic E-state index is 0.178. The Morgan fingerprint density at radius 1 is 0.966 bits per heavy atom. The lowest BCUT2D eigenvalue weighted by molar-refractivity contribution is -0.116. The molecule has 3 amide bonds. The third-order valence-corrected chi connectivity index (χ3v) is 4.09. The van der Waals surface area contributed by atoms with E-state index in [4.69, 9.17) is 9.47 Å². The summed E-state index contributed by atoms with van der Waals surface area (Å²) in [5.74, 6) is 0.335. The van der Waals surface area contributed by atoms with Gasteiger partial charge in [0, 0.05) is 49.9 Å². The first-order valence-corrected chi connectivity index (χ1v) is 9.01. The molecule has 0 aromatic heterocycles. The van der Waals surface area contributed by atoms with E-state index in [0.717, 1.165) is 0 Å². The molecule has 0 unspecified atom stereocenters. The summed E-state index contributed by atoms with van der Waals surface area (Å²) in [7, 11) is 3.02. The van der Waals surface area contributed by atoms with Crippen LogP contribution >= 0.6 is 0 Å². The van der Waals surface area contributed by atoms with Gasteiger partial charge in [0.2, 0.25) is 11.8 Å². The van der Waals surface area contributed by atoms with Crippen molar-refractivity contribution in [3.63, 3.8) is 0 Å². The van der Waals surface area contributed by atoms with Crippen LogP contribution in [0.2, 0.25) is 0 Å². The van der Waals surface area contributed by atoms with Crippen molar-refractivity contribution in [2.75, 3.05) is 37.5 Å². The molecule has 2 aromatic rings. The zero-order chi connectivity index (χ0) is 21.4. The number of anilines is 2. The molecule has 8 heteroatoms. The van der Waals surface area contributed by atoms with Crippen molar-refractivity contribution in [2.24, 2.45) is 0 Å². The molecule has 0 saturated heterocycles. The van der Waals surface area contributed by atoms with Gasteiger partial charge in [-0.3, -0.25) is 14.4 Å². The number of carbonyl (C=O) groups is 3. The van der Waals surface area contributed by atoms with Gasteiger partial charge in [-0.25, -0.2) is 0 Å². The van der Waals surface area contributed by atoms with Gasteiger partial charge in [-0.2, -0.15) is 0 Å². The minimum atomic E-state index is -0.308. The van der Waals surface area contributed by atoms with E-state index >= 15 is 0 Å². The molecular formula is C21H25N3O5. The van der Waals surface area contributed by atoms with Crippen LogP contribution in [-0.4, -0.2) is 45.0 Å². The molecule has 0 spiro atoms. The van der Waals surface area contributed by atoms with E-state index in [-0.39, 0.29) is 30.8 Å². The van der Waals surface area contributed by atoms with Crippen LogP contribution < -0.4 is 25.0 Å². The highest BCUT2D eigenvalue weighted by molar-refractivity contribution is 5.96. The summed E-state index contributed by atoms with van der Waals surface area (Å²) in [5.41, 5.74) is 1.61. The number of nitrogens with zero attached hydrogens (tertiary/aromatic N) is 1. The normalized spacial score (nSPS) is 10.1. The lowest BCUT2D eigenvalue weighted by atomic mass is 10.2. The Hall–Kier alpha value is -3.55. The number of rotatable bonds is 8. The fraction of sp³-hybridized carbons (Fsp3) is 0.286. The predicted octanol–water partition coefficient (Wildman–Crippen LogP) is 2.45. The monoisotopic (exact) mass is 399 g/mol. The molecule has 0 aliphatic heterocycles. The summed E-state index contributed by atoms with van der Waals surface area (Å²) >= 11 is 0. The average Bonchev–Trinajstić information content (AvgIpc) is 2.69. The first-order valence-electron chi connectivity index (χ1n) is 9.01. The van der Waals surface area contributed by atoms with Gasteiger partial charge in [0.05, 0.1) is 14.2 Å². The van der Waals surface area contributed by atoms with Crippen molar-refractivity contribution in [3.8, 4) is 11.5 Å². The van der Waals surface area contributed by atoms with Crippen LogP contribution in [0.4, 0.5) is 11.4 Å². The highest BCUT2D eigenvalue weighted by atomic mass is 16.5. The van der Waals surface area contributed by atoms with Gasteiger partial charge in [-0.1, -0.05) is 6.07 Å². The van der Waals surface area contributed by atoms with Gasteiger partial charge < -0.3 is 25.0 Å². The third kappa shape index (κ3) is 6.24. The van der Waals surface area contributed by atoms with E-state index in [1.54, 1.807) is 42.5 Å². The summed E-state index contributed by atoms with van der Waals surface area (Å²) in [6.45, 7) is 3.37. The molecule has 0 atom stereocenters. The molecule has 2 rings (SSSR count). The van der Waals surface area contributed by atoms with Crippen molar-refractivity contribution < 1.29 is 23.9 Å². The number of carbonyl (C=O) groups excluding carboxylic acids is 3. The van der Waals surface area contributed by atoms with Crippen molar-refractivity contribution in [1.29, 1.82) is 0 Å². The molecule has 2 N–H and O–H groups in total. The Morgan fingerprint density at radius 3 is 2.17 bits per heavy atom. The SMILES string of the molecule is COc1cc(OC)cc(C(=O)NCCN(C(C)=O)c2cccc(NC(C)=O)c2)c1. The molecule has 0 bridgehead atoms. The van der Waals surface area contributed by atoms with Crippen LogP contribution in [0.15, 0.2) is 42.5 Å². The van der Waals surface area contributed by atoms with Crippen LogP contribution in [0, 0.1) is 0 Å². The zero-order valence-electron chi connectivity index (χ0n) is 16.9. The molecule has 0 saturated carbocycles. The lowest BCUT2D eigenvalue weighted by Crippen LogP contribution is -2.37. The Kier molecular flexibility index (Phi) is 7.59. The van der Waals surface area contributed by atoms with Crippen LogP contribution in [0.25, 0.3) is 0 Å². The number of nitrogens with one attached hydrogen (secondary N) is 2. The van der Waals surface area contributed by atoms with Crippen molar-refractivity contribution >= 4 is 29.1 Å². The molecule has 2 aromatic carbocycles. The first-order chi connectivity index (χ1) is 13.8. The molecule has 0 radical (unpaired) electrons. The summed E-state index contributed by atoms with van der Waals surface area (Å²) in [6.07, 6.45) is 0. The van der Waals surface area contributed by atoms with Gasteiger partial charge in [-0.15, -0.1) is 0 Å². The van der Waals surface area contributed by atoms with Crippen molar-refractivity contribution in [3.05, 3.63) is 48.0 Å². The smallest absolute Gasteiger partial charge is 0.251 e. The van der Waals surface area contributed by atoms with E-state index < -0.39 is 0 Å². The van der Waals surface area contributed by atoms with Crippen LogP contribution in [-0.2, 0) is 9.59 Å². The van der Waals surface area contributed by atoms with E-state index in [1.807, 2.05) is 0 Å². The van der Waals surface area contributed by atoms with Gasteiger partial charge in [-0.05, 0) is 30.3 Å². The second kappa shape index (κ2) is 10.1. The van der Waals surface area contributed by atoms with E-state index in [2.05, 4.69) is 10.6 Å². The predicted molar refractivity (Wildman–Crippen MR) is 111 cm³/mol. The maximum absolute atomic E-state index is 12.5. The van der Waals surface area contributed by atoms with E-state index in [1.165, 1.54) is 33.0 Å². The molecule has 0 heterocycles. The second-order valence-corrected chi connectivity index (χ2v) is 6.26. The number of ether oxygens (including phenoxy) is 2. The fourth-order valence-electron chi connectivity index (χ4n) is 2.75. The molecule has 8 nitrogen and oxygen atoms in total. The molecular weight excluding hydrogens is 374 g/mol. The van der Waals surface area contributed by atoms with Gasteiger partial charge in [0.1, 0.15) is 11.5 Å². The molecule has 154 valence electrons. The van der Waals surface area contributed by atoms with Crippen molar-refractivity contribution in [1.82, 2.24) is 5.32 Å². The van der Waals surface area contributed by atoms with Gasteiger partial charge >= 0.3 is 0 Å². The van der Waals surface area contributed by atoms with Crippen LogP contribution in [0.5, 0.6) is 11.5 Å². The Morgan fingerprint density at radius 2 is 1.62 bits per heavy atom. The van der Waals surface area contributed by atoms with Gasteiger partial charge in [0.25, 0.3) is 5.91 Å². The van der Waals surface area contributed by atoms with Crippen LogP contribution in [0.3, 0.4) is 0 Å². The number of amides is 3. The highest BCUT2D eigenvalue weighted by Crippen LogP contribution is 2.22.